The van der Waals surface area contributed by atoms with Crippen LogP contribution in [-0.2, 0) is 19.5 Å². The van der Waals surface area contributed by atoms with Gasteiger partial charge in [-0.3, -0.25) is 14.5 Å². The number of nitrogens with zero attached hydrogens (tertiary/aromatic N) is 3. The van der Waals surface area contributed by atoms with Crippen molar-refractivity contribution in [2.45, 2.75) is 32.9 Å². The number of pyridine rings is 1. The Labute approximate surface area is 129 Å². The number of nitrogens with one attached hydrogen (secondary N) is 1. The number of amides is 1. The van der Waals surface area contributed by atoms with Crippen LogP contribution in [0.3, 0.4) is 0 Å². The molecule has 6 heteroatoms. The van der Waals surface area contributed by atoms with Crippen LogP contribution < -0.4 is 11.1 Å². The second-order valence-corrected chi connectivity index (χ2v) is 5.91. The van der Waals surface area contributed by atoms with Gasteiger partial charge in [-0.15, -0.1) is 0 Å². The van der Waals surface area contributed by atoms with E-state index in [0.29, 0.717) is 11.5 Å². The van der Waals surface area contributed by atoms with Gasteiger partial charge in [0.15, 0.2) is 0 Å². The molecular formula is C16H21N5O. The number of rotatable bonds is 5. The average Bonchev–Trinajstić information content (AvgIpc) is 2.92. The van der Waals surface area contributed by atoms with E-state index < -0.39 is 0 Å². The maximum atomic E-state index is 11.3. The summed E-state index contributed by atoms with van der Waals surface area (Å²) in [6.07, 6.45) is 5.37. The van der Waals surface area contributed by atoms with Crippen LogP contribution in [0.1, 0.15) is 33.7 Å². The van der Waals surface area contributed by atoms with Crippen molar-refractivity contribution in [3.05, 3.63) is 47.0 Å². The normalized spacial score (nSPS) is 17.2. The van der Waals surface area contributed by atoms with Crippen molar-refractivity contribution in [2.24, 2.45) is 11.7 Å². The van der Waals surface area contributed by atoms with E-state index in [1.807, 2.05) is 23.9 Å². The quantitative estimate of drug-likeness (QED) is 0.863. The zero-order valence-corrected chi connectivity index (χ0v) is 12.7. The van der Waals surface area contributed by atoms with Crippen molar-refractivity contribution in [2.75, 3.05) is 6.54 Å². The number of hydrogen-bond donors (Lipinski definition) is 2. The number of fused-ring (bicyclic) bond motifs is 1. The van der Waals surface area contributed by atoms with Gasteiger partial charge in [0.1, 0.15) is 0 Å². The number of aryl methyl sites for hydroxylation is 1. The van der Waals surface area contributed by atoms with Crippen molar-refractivity contribution in [3.8, 4) is 0 Å². The first-order valence-electron chi connectivity index (χ1n) is 7.60. The zero-order chi connectivity index (χ0) is 15.5. The SMILES string of the molecule is Cc1ccc(CNC[C@@H]2CCc3c(C(N)=O)cnn3C2)nc1. The van der Waals surface area contributed by atoms with Gasteiger partial charge < -0.3 is 11.1 Å². The van der Waals surface area contributed by atoms with E-state index in [1.165, 1.54) is 5.56 Å². The summed E-state index contributed by atoms with van der Waals surface area (Å²) in [5, 5.41) is 7.74. The molecule has 1 amide bonds. The van der Waals surface area contributed by atoms with Crippen molar-refractivity contribution in [1.29, 1.82) is 0 Å². The molecule has 2 aromatic rings. The molecule has 0 radical (unpaired) electrons. The first-order valence-corrected chi connectivity index (χ1v) is 7.60. The molecule has 0 spiro atoms. The molecule has 22 heavy (non-hydrogen) atoms. The Hall–Kier alpha value is -2.21. The lowest BCUT2D eigenvalue weighted by Gasteiger charge is -2.24. The average molecular weight is 299 g/mol. The third kappa shape index (κ3) is 3.17. The van der Waals surface area contributed by atoms with Crippen molar-refractivity contribution < 1.29 is 4.79 Å². The van der Waals surface area contributed by atoms with E-state index in [0.717, 1.165) is 43.9 Å². The summed E-state index contributed by atoms with van der Waals surface area (Å²) >= 11 is 0. The molecule has 1 aliphatic rings. The summed E-state index contributed by atoms with van der Waals surface area (Å²) in [5.74, 6) is 0.127. The number of carbonyl (C=O) groups excluding carboxylic acids is 1. The van der Waals surface area contributed by atoms with Gasteiger partial charge in [-0.2, -0.15) is 5.10 Å². The summed E-state index contributed by atoms with van der Waals surface area (Å²) in [4.78, 5) is 15.7. The Balaban J connectivity index is 1.52. The predicted octanol–water partition coefficient (Wildman–Crippen LogP) is 1.04. The van der Waals surface area contributed by atoms with E-state index in [-0.39, 0.29) is 5.91 Å². The Kier molecular flexibility index (Phi) is 4.20. The van der Waals surface area contributed by atoms with E-state index in [1.54, 1.807) is 6.20 Å². The molecule has 1 atom stereocenters. The van der Waals surface area contributed by atoms with Gasteiger partial charge in [0.2, 0.25) is 0 Å². The lowest BCUT2D eigenvalue weighted by Crippen LogP contribution is -2.31. The monoisotopic (exact) mass is 299 g/mol. The highest BCUT2D eigenvalue weighted by molar-refractivity contribution is 5.93. The molecule has 0 unspecified atom stereocenters. The molecule has 116 valence electrons. The molecule has 1 aliphatic heterocycles. The van der Waals surface area contributed by atoms with Crippen molar-refractivity contribution in [1.82, 2.24) is 20.1 Å². The molecule has 2 aromatic heterocycles. The van der Waals surface area contributed by atoms with Crippen LogP contribution in [0.25, 0.3) is 0 Å². The highest BCUT2D eigenvalue weighted by Gasteiger charge is 2.23. The molecule has 0 saturated carbocycles. The van der Waals surface area contributed by atoms with Gasteiger partial charge in [0, 0.05) is 25.8 Å². The van der Waals surface area contributed by atoms with Crippen LogP contribution in [-0.4, -0.2) is 27.2 Å². The van der Waals surface area contributed by atoms with Gasteiger partial charge in [-0.1, -0.05) is 6.07 Å². The number of nitrogens with two attached hydrogens (primary N) is 1. The predicted molar refractivity (Wildman–Crippen MR) is 83.2 cm³/mol. The van der Waals surface area contributed by atoms with Gasteiger partial charge in [-0.05, 0) is 37.3 Å². The van der Waals surface area contributed by atoms with Crippen molar-refractivity contribution >= 4 is 5.91 Å². The largest absolute Gasteiger partial charge is 0.365 e. The van der Waals surface area contributed by atoms with Gasteiger partial charge in [0.05, 0.1) is 23.1 Å². The Morgan fingerprint density at radius 1 is 1.45 bits per heavy atom. The highest BCUT2D eigenvalue weighted by Crippen LogP contribution is 2.21. The van der Waals surface area contributed by atoms with Crippen molar-refractivity contribution in [3.63, 3.8) is 0 Å². The summed E-state index contributed by atoms with van der Waals surface area (Å²) in [6, 6.07) is 4.12. The van der Waals surface area contributed by atoms with Crippen LogP contribution in [0.2, 0.25) is 0 Å². The second kappa shape index (κ2) is 6.27. The second-order valence-electron chi connectivity index (χ2n) is 5.91. The van der Waals surface area contributed by atoms with E-state index in [9.17, 15) is 4.79 Å². The van der Waals surface area contributed by atoms with Gasteiger partial charge in [-0.25, -0.2) is 0 Å². The zero-order valence-electron chi connectivity index (χ0n) is 12.7. The molecule has 3 N–H and O–H groups in total. The summed E-state index contributed by atoms with van der Waals surface area (Å²) < 4.78 is 1.92. The minimum atomic E-state index is -0.386. The van der Waals surface area contributed by atoms with E-state index in [2.05, 4.69) is 21.5 Å². The fraction of sp³-hybridized carbons (Fsp3) is 0.438. The smallest absolute Gasteiger partial charge is 0.252 e. The van der Waals surface area contributed by atoms with Gasteiger partial charge >= 0.3 is 0 Å². The van der Waals surface area contributed by atoms with Crippen LogP contribution in [0.5, 0.6) is 0 Å². The van der Waals surface area contributed by atoms with Gasteiger partial charge in [0.25, 0.3) is 5.91 Å². The maximum absolute atomic E-state index is 11.3. The Bertz CT molecular complexity index is 662. The molecule has 3 heterocycles. The molecule has 0 aromatic carbocycles. The molecule has 0 bridgehead atoms. The standard InChI is InChI=1S/C16H21N5O/c1-11-2-4-13(19-6-11)8-18-7-12-3-5-15-14(16(17)22)9-20-21(15)10-12/h2,4,6,9,12,18H,3,5,7-8,10H2,1H3,(H2,17,22)/t12-/m0/s1. The minimum absolute atomic E-state index is 0.386. The summed E-state index contributed by atoms with van der Waals surface area (Å²) in [5.41, 5.74) is 9.13. The van der Waals surface area contributed by atoms with Crippen LogP contribution in [0, 0.1) is 12.8 Å². The molecule has 0 saturated heterocycles. The lowest BCUT2D eigenvalue weighted by molar-refractivity contribution is 0.0998. The van der Waals surface area contributed by atoms with Crippen LogP contribution in [0.15, 0.2) is 24.5 Å². The number of carbonyl (C=O) groups is 1. The van der Waals surface area contributed by atoms with Crippen LogP contribution in [0.4, 0.5) is 0 Å². The number of aromatic nitrogens is 3. The summed E-state index contributed by atoms with van der Waals surface area (Å²) in [7, 11) is 0. The third-order valence-corrected chi connectivity index (χ3v) is 4.15. The first kappa shape index (κ1) is 14.7. The fourth-order valence-corrected chi connectivity index (χ4v) is 2.89. The summed E-state index contributed by atoms with van der Waals surface area (Å²) in [6.45, 7) is 4.56. The van der Waals surface area contributed by atoms with E-state index >= 15 is 0 Å². The minimum Gasteiger partial charge on any atom is -0.365 e. The molecule has 0 aliphatic carbocycles. The Morgan fingerprint density at radius 3 is 3.05 bits per heavy atom. The topological polar surface area (TPSA) is 85.8 Å². The number of hydrogen-bond acceptors (Lipinski definition) is 4. The number of primary amides is 1. The molecule has 6 nitrogen and oxygen atoms in total. The first-order chi connectivity index (χ1) is 10.6. The molecular weight excluding hydrogens is 278 g/mol. The maximum Gasteiger partial charge on any atom is 0.252 e. The van der Waals surface area contributed by atoms with E-state index in [4.69, 9.17) is 5.73 Å². The fourth-order valence-electron chi connectivity index (χ4n) is 2.89. The molecule has 3 rings (SSSR count). The third-order valence-electron chi connectivity index (χ3n) is 4.15. The molecule has 0 fully saturated rings. The highest BCUT2D eigenvalue weighted by atomic mass is 16.1. The Morgan fingerprint density at radius 2 is 2.32 bits per heavy atom. The van der Waals surface area contributed by atoms with Crippen LogP contribution >= 0.6 is 0 Å². The lowest BCUT2D eigenvalue weighted by atomic mass is 9.96.